The van der Waals surface area contributed by atoms with Gasteiger partial charge in [-0.3, -0.25) is 9.69 Å². The van der Waals surface area contributed by atoms with Crippen LogP contribution in [-0.4, -0.2) is 46.3 Å². The summed E-state index contributed by atoms with van der Waals surface area (Å²) >= 11 is 0. The Balaban J connectivity index is 2.58. The van der Waals surface area contributed by atoms with Gasteiger partial charge in [0.1, 0.15) is 6.04 Å². The van der Waals surface area contributed by atoms with E-state index in [-0.39, 0.29) is 0 Å². The van der Waals surface area contributed by atoms with Crippen LogP contribution in [0.4, 0.5) is 0 Å². The van der Waals surface area contributed by atoms with Crippen LogP contribution in [0.3, 0.4) is 0 Å². The molecule has 0 aliphatic carbocycles. The normalized spacial score (nSPS) is 30.4. The smallest absolute Gasteiger partial charge is 0.321 e. The van der Waals surface area contributed by atoms with E-state index in [1.54, 1.807) is 11.0 Å². The van der Waals surface area contributed by atoms with Crippen molar-refractivity contribution < 1.29 is 15.0 Å². The van der Waals surface area contributed by atoms with E-state index in [1.807, 2.05) is 0 Å². The molecular formula is C8H13NO3. The summed E-state index contributed by atoms with van der Waals surface area (Å²) in [5, 5.41) is 17.9. The van der Waals surface area contributed by atoms with Crippen molar-refractivity contribution in [3.63, 3.8) is 0 Å². The first-order chi connectivity index (χ1) is 5.65. The Bertz CT molecular complexity index is 193. The fraction of sp³-hybridized carbons (Fsp3) is 0.625. The zero-order chi connectivity index (χ0) is 9.14. The maximum atomic E-state index is 10.6. The van der Waals surface area contributed by atoms with Crippen LogP contribution in [0.5, 0.6) is 0 Å². The van der Waals surface area contributed by atoms with Crippen molar-refractivity contribution in [2.75, 3.05) is 13.1 Å². The molecule has 1 aliphatic heterocycles. The van der Waals surface area contributed by atoms with Crippen molar-refractivity contribution in [1.29, 1.82) is 0 Å². The van der Waals surface area contributed by atoms with E-state index >= 15 is 0 Å². The molecule has 12 heavy (non-hydrogen) atoms. The number of carboxylic acids is 1. The molecule has 0 radical (unpaired) electrons. The molecule has 2 atom stereocenters. The fourth-order valence-corrected chi connectivity index (χ4v) is 1.50. The predicted molar refractivity (Wildman–Crippen MR) is 43.8 cm³/mol. The molecule has 0 bridgehead atoms. The van der Waals surface area contributed by atoms with Crippen LogP contribution in [0, 0.1) is 0 Å². The van der Waals surface area contributed by atoms with Crippen LogP contribution < -0.4 is 0 Å². The number of hydrogen-bond donors (Lipinski definition) is 2. The van der Waals surface area contributed by atoms with E-state index < -0.39 is 18.1 Å². The second-order valence-corrected chi connectivity index (χ2v) is 2.99. The third kappa shape index (κ3) is 1.84. The Labute approximate surface area is 71.1 Å². The minimum atomic E-state index is -0.867. The molecule has 0 amide bonds. The largest absolute Gasteiger partial charge is 0.480 e. The minimum Gasteiger partial charge on any atom is -0.480 e. The quantitative estimate of drug-likeness (QED) is 0.572. The van der Waals surface area contributed by atoms with Gasteiger partial charge in [-0.2, -0.15) is 0 Å². The van der Waals surface area contributed by atoms with E-state index in [0.29, 0.717) is 19.5 Å². The van der Waals surface area contributed by atoms with Gasteiger partial charge in [-0.1, -0.05) is 6.08 Å². The zero-order valence-corrected chi connectivity index (χ0v) is 6.81. The first-order valence-corrected chi connectivity index (χ1v) is 3.91. The fourth-order valence-electron chi connectivity index (χ4n) is 1.50. The van der Waals surface area contributed by atoms with Crippen molar-refractivity contribution in [1.82, 2.24) is 4.90 Å². The number of hydrogen-bond acceptors (Lipinski definition) is 3. The number of aliphatic hydroxyl groups excluding tert-OH is 1. The summed E-state index contributed by atoms with van der Waals surface area (Å²) in [6.07, 6.45) is 1.46. The lowest BCUT2D eigenvalue weighted by Gasteiger charge is -2.17. The molecule has 0 aromatic rings. The number of β-amino-alcohol motifs (C(OH)–C–C–N with tert-alkyl or cyclic N) is 1. The first kappa shape index (κ1) is 9.22. The van der Waals surface area contributed by atoms with Gasteiger partial charge in [0.15, 0.2) is 0 Å². The van der Waals surface area contributed by atoms with Gasteiger partial charge in [0.2, 0.25) is 0 Å². The Morgan fingerprint density at radius 2 is 2.42 bits per heavy atom. The maximum Gasteiger partial charge on any atom is 0.321 e. The summed E-state index contributed by atoms with van der Waals surface area (Å²) < 4.78 is 0. The minimum absolute atomic E-state index is 0.323. The Morgan fingerprint density at radius 1 is 1.75 bits per heavy atom. The van der Waals surface area contributed by atoms with Crippen molar-refractivity contribution in [3.8, 4) is 0 Å². The van der Waals surface area contributed by atoms with Crippen LogP contribution >= 0.6 is 0 Å². The molecule has 1 fully saturated rings. The second kappa shape index (κ2) is 3.69. The molecule has 1 rings (SSSR count). The average Bonchev–Trinajstić information content (AvgIpc) is 2.32. The molecule has 0 aromatic heterocycles. The molecule has 1 heterocycles. The van der Waals surface area contributed by atoms with E-state index in [0.717, 1.165) is 0 Å². The molecule has 0 saturated carbocycles. The van der Waals surface area contributed by atoms with E-state index in [1.165, 1.54) is 0 Å². The highest BCUT2D eigenvalue weighted by Gasteiger charge is 2.34. The number of carbonyl (C=O) groups is 1. The number of aliphatic hydroxyl groups is 1. The zero-order valence-electron chi connectivity index (χ0n) is 6.81. The molecule has 0 aromatic carbocycles. The second-order valence-electron chi connectivity index (χ2n) is 2.99. The highest BCUT2D eigenvalue weighted by molar-refractivity contribution is 5.74. The summed E-state index contributed by atoms with van der Waals surface area (Å²) in [6.45, 7) is 4.48. The van der Waals surface area contributed by atoms with Gasteiger partial charge in [-0.15, -0.1) is 6.58 Å². The number of carboxylic acid groups (broad SMARTS) is 1. The van der Waals surface area contributed by atoms with Crippen LogP contribution in [0.15, 0.2) is 12.7 Å². The average molecular weight is 171 g/mol. The van der Waals surface area contributed by atoms with Crippen molar-refractivity contribution >= 4 is 5.97 Å². The monoisotopic (exact) mass is 171 g/mol. The van der Waals surface area contributed by atoms with Gasteiger partial charge < -0.3 is 10.2 Å². The van der Waals surface area contributed by atoms with Gasteiger partial charge in [-0.05, 0) is 0 Å². The Kier molecular flexibility index (Phi) is 2.83. The summed E-state index contributed by atoms with van der Waals surface area (Å²) in [5.74, 6) is -0.867. The first-order valence-electron chi connectivity index (χ1n) is 3.91. The lowest BCUT2D eigenvalue weighted by atomic mass is 10.2. The van der Waals surface area contributed by atoms with E-state index in [2.05, 4.69) is 6.58 Å². The molecule has 4 nitrogen and oxygen atoms in total. The highest BCUT2D eigenvalue weighted by Crippen LogP contribution is 2.17. The van der Waals surface area contributed by atoms with Gasteiger partial charge in [-0.25, -0.2) is 0 Å². The molecule has 4 heteroatoms. The van der Waals surface area contributed by atoms with Gasteiger partial charge in [0.05, 0.1) is 6.10 Å². The standard InChI is InChI=1S/C8H13NO3/c1-2-3-9-5-6(10)4-7(9)8(11)12/h2,6-7,10H,1,3-5H2,(H,11,12)/t6-,7+/m1/s1. The van der Waals surface area contributed by atoms with E-state index in [4.69, 9.17) is 5.11 Å². The van der Waals surface area contributed by atoms with Gasteiger partial charge in [0.25, 0.3) is 0 Å². The summed E-state index contributed by atoms with van der Waals surface area (Å²) in [5.41, 5.74) is 0. The molecule has 68 valence electrons. The van der Waals surface area contributed by atoms with Crippen LogP contribution in [0.2, 0.25) is 0 Å². The van der Waals surface area contributed by atoms with Gasteiger partial charge >= 0.3 is 5.97 Å². The lowest BCUT2D eigenvalue weighted by molar-refractivity contribution is -0.142. The molecule has 0 unspecified atom stereocenters. The van der Waals surface area contributed by atoms with Crippen molar-refractivity contribution in [3.05, 3.63) is 12.7 Å². The molecule has 2 N–H and O–H groups in total. The van der Waals surface area contributed by atoms with Crippen LogP contribution in [0.1, 0.15) is 6.42 Å². The third-order valence-electron chi connectivity index (χ3n) is 2.03. The number of aliphatic carboxylic acids is 1. The molecule has 0 spiro atoms. The maximum absolute atomic E-state index is 10.6. The highest BCUT2D eigenvalue weighted by atomic mass is 16.4. The summed E-state index contributed by atoms with van der Waals surface area (Å²) in [6, 6.07) is -0.544. The molecule has 1 saturated heterocycles. The van der Waals surface area contributed by atoms with Gasteiger partial charge in [0, 0.05) is 19.5 Å². The van der Waals surface area contributed by atoms with Crippen molar-refractivity contribution in [2.24, 2.45) is 0 Å². The summed E-state index contributed by atoms with van der Waals surface area (Å²) in [4.78, 5) is 12.4. The van der Waals surface area contributed by atoms with Crippen LogP contribution in [-0.2, 0) is 4.79 Å². The van der Waals surface area contributed by atoms with Crippen LogP contribution in [0.25, 0.3) is 0 Å². The third-order valence-corrected chi connectivity index (χ3v) is 2.03. The molecular weight excluding hydrogens is 158 g/mol. The number of rotatable bonds is 3. The number of likely N-dealkylation sites (tertiary alicyclic amines) is 1. The van der Waals surface area contributed by atoms with E-state index in [9.17, 15) is 9.90 Å². The lowest BCUT2D eigenvalue weighted by Crippen LogP contribution is -2.35. The predicted octanol–water partition coefficient (Wildman–Crippen LogP) is -0.308. The van der Waals surface area contributed by atoms with Crippen molar-refractivity contribution in [2.45, 2.75) is 18.6 Å². The Hall–Kier alpha value is -0.870. The number of nitrogens with zero attached hydrogens (tertiary/aromatic N) is 1. The SMILES string of the molecule is C=CCN1C[C@H](O)C[C@H]1C(=O)O. The molecule has 1 aliphatic rings. The Morgan fingerprint density at radius 3 is 2.92 bits per heavy atom. The topological polar surface area (TPSA) is 60.8 Å². The summed E-state index contributed by atoms with van der Waals surface area (Å²) in [7, 11) is 0.